The molecule has 1 aliphatic heterocycles. The number of halogens is 1. The van der Waals surface area contributed by atoms with Gasteiger partial charge in [0, 0.05) is 5.56 Å². The van der Waals surface area contributed by atoms with Crippen LogP contribution in [0.25, 0.3) is 22.0 Å². The lowest BCUT2D eigenvalue weighted by atomic mass is 9.93. The maximum absolute atomic E-state index is 6.58. The van der Waals surface area contributed by atoms with Gasteiger partial charge in [0.05, 0.1) is 23.9 Å². The van der Waals surface area contributed by atoms with Crippen LogP contribution in [0.5, 0.6) is 0 Å². The van der Waals surface area contributed by atoms with Gasteiger partial charge in [-0.1, -0.05) is 29.8 Å². The van der Waals surface area contributed by atoms with E-state index in [2.05, 4.69) is 22.1 Å². The molecule has 0 spiro atoms. The second-order valence-electron chi connectivity index (χ2n) is 5.38. The minimum absolute atomic E-state index is 0.256. The SMILES string of the molecule is CSc1cc(-c2c(Cl)cc3c4c(cccc24)COC3)nc(N)n1. The van der Waals surface area contributed by atoms with Crippen LogP contribution in [0.1, 0.15) is 11.1 Å². The molecule has 3 aromatic rings. The predicted octanol–water partition coefficient (Wildman–Crippen LogP) is 4.28. The standard InChI is InChI=1S/C17H14ClN3OS/c1-23-14-6-13(20-17(19)21-14)16-11-4-2-3-9-7-22-8-10(15(9)11)5-12(16)18/h2-6H,7-8H2,1H3,(H2,19,20,21). The Labute approximate surface area is 143 Å². The predicted molar refractivity (Wildman–Crippen MR) is 94.7 cm³/mol. The Balaban J connectivity index is 2.07. The molecular weight excluding hydrogens is 330 g/mol. The minimum atomic E-state index is 0.256. The molecule has 0 bridgehead atoms. The van der Waals surface area contributed by atoms with Crippen molar-refractivity contribution in [3.8, 4) is 11.3 Å². The average molecular weight is 344 g/mol. The van der Waals surface area contributed by atoms with E-state index in [-0.39, 0.29) is 5.95 Å². The van der Waals surface area contributed by atoms with Gasteiger partial charge in [-0.15, -0.1) is 11.8 Å². The summed E-state index contributed by atoms with van der Waals surface area (Å²) in [6.45, 7) is 1.20. The molecule has 23 heavy (non-hydrogen) atoms. The van der Waals surface area contributed by atoms with Crippen LogP contribution in [0.15, 0.2) is 35.4 Å². The van der Waals surface area contributed by atoms with Crippen LogP contribution >= 0.6 is 23.4 Å². The molecule has 4 rings (SSSR count). The first-order chi connectivity index (χ1) is 11.2. The third kappa shape index (κ3) is 2.45. The summed E-state index contributed by atoms with van der Waals surface area (Å²) in [5.41, 5.74) is 9.81. The number of aromatic nitrogens is 2. The van der Waals surface area contributed by atoms with Crippen molar-refractivity contribution in [2.24, 2.45) is 0 Å². The van der Waals surface area contributed by atoms with Crippen LogP contribution in [-0.4, -0.2) is 16.2 Å². The molecule has 6 heteroatoms. The summed E-state index contributed by atoms with van der Waals surface area (Å²) in [6.07, 6.45) is 1.96. The van der Waals surface area contributed by atoms with E-state index in [0.717, 1.165) is 27.2 Å². The first-order valence-corrected chi connectivity index (χ1v) is 8.77. The van der Waals surface area contributed by atoms with Gasteiger partial charge in [0.25, 0.3) is 0 Å². The zero-order chi connectivity index (χ0) is 16.0. The molecule has 0 unspecified atom stereocenters. The van der Waals surface area contributed by atoms with Gasteiger partial charge < -0.3 is 10.5 Å². The molecule has 4 nitrogen and oxygen atoms in total. The number of benzene rings is 2. The van der Waals surface area contributed by atoms with Crippen molar-refractivity contribution in [1.82, 2.24) is 9.97 Å². The second kappa shape index (κ2) is 5.67. The number of hydrogen-bond acceptors (Lipinski definition) is 5. The fourth-order valence-corrected chi connectivity index (χ4v) is 3.80. The Morgan fingerprint density at radius 2 is 2.00 bits per heavy atom. The normalized spacial score (nSPS) is 13.5. The Bertz CT molecular complexity index is 929. The zero-order valence-corrected chi connectivity index (χ0v) is 14.0. The van der Waals surface area contributed by atoms with Crippen molar-refractivity contribution in [2.75, 3.05) is 12.0 Å². The largest absolute Gasteiger partial charge is 0.372 e. The third-order valence-electron chi connectivity index (χ3n) is 3.98. The molecule has 0 amide bonds. The van der Waals surface area contributed by atoms with Crippen molar-refractivity contribution < 1.29 is 4.74 Å². The van der Waals surface area contributed by atoms with Crippen LogP contribution in [-0.2, 0) is 18.0 Å². The van der Waals surface area contributed by atoms with Gasteiger partial charge in [-0.05, 0) is 40.3 Å². The first kappa shape index (κ1) is 14.8. The summed E-state index contributed by atoms with van der Waals surface area (Å²) in [5.74, 6) is 0.256. The van der Waals surface area contributed by atoms with E-state index >= 15 is 0 Å². The molecule has 1 aromatic heterocycles. The summed E-state index contributed by atoms with van der Waals surface area (Å²) < 4.78 is 5.63. The molecule has 0 saturated carbocycles. The molecule has 116 valence electrons. The first-order valence-electron chi connectivity index (χ1n) is 7.17. The zero-order valence-electron chi connectivity index (χ0n) is 12.5. The number of nitrogen functional groups attached to an aromatic ring is 1. The van der Waals surface area contributed by atoms with Crippen molar-refractivity contribution >= 4 is 40.1 Å². The summed E-state index contributed by atoms with van der Waals surface area (Å²) in [7, 11) is 0. The van der Waals surface area contributed by atoms with Crippen molar-refractivity contribution in [3.05, 3.63) is 46.5 Å². The molecule has 0 fully saturated rings. The second-order valence-corrected chi connectivity index (χ2v) is 6.61. The Morgan fingerprint density at radius 3 is 2.83 bits per heavy atom. The lowest BCUT2D eigenvalue weighted by Gasteiger charge is -2.20. The maximum atomic E-state index is 6.58. The van der Waals surface area contributed by atoms with Gasteiger partial charge in [-0.3, -0.25) is 0 Å². The van der Waals surface area contributed by atoms with Gasteiger partial charge in [-0.2, -0.15) is 0 Å². The molecule has 2 N–H and O–H groups in total. The number of rotatable bonds is 2. The fraction of sp³-hybridized carbons (Fsp3) is 0.176. The van der Waals surface area contributed by atoms with Crippen molar-refractivity contribution in [2.45, 2.75) is 18.2 Å². The molecule has 2 aromatic carbocycles. The average Bonchev–Trinajstić information content (AvgIpc) is 2.54. The van der Waals surface area contributed by atoms with Crippen LogP contribution in [0.4, 0.5) is 5.95 Å². The molecule has 0 aliphatic carbocycles. The van der Waals surface area contributed by atoms with Crippen LogP contribution in [0, 0.1) is 0 Å². The molecule has 2 heterocycles. The lowest BCUT2D eigenvalue weighted by molar-refractivity contribution is 0.103. The number of thioether (sulfide) groups is 1. The smallest absolute Gasteiger partial charge is 0.221 e. The van der Waals surface area contributed by atoms with Gasteiger partial charge in [0.1, 0.15) is 5.03 Å². The number of anilines is 1. The fourth-order valence-electron chi connectivity index (χ4n) is 3.05. The van der Waals surface area contributed by atoms with E-state index in [1.807, 2.05) is 24.5 Å². The Hall–Kier alpha value is -1.82. The van der Waals surface area contributed by atoms with E-state index in [9.17, 15) is 0 Å². The van der Waals surface area contributed by atoms with Gasteiger partial charge in [0.2, 0.25) is 5.95 Å². The van der Waals surface area contributed by atoms with Crippen molar-refractivity contribution in [1.29, 1.82) is 0 Å². The lowest BCUT2D eigenvalue weighted by Crippen LogP contribution is -2.05. The molecule has 0 saturated heterocycles. The topological polar surface area (TPSA) is 61.0 Å². The Kier molecular flexibility index (Phi) is 3.64. The molecule has 0 radical (unpaired) electrons. The number of nitrogens with two attached hydrogens (primary N) is 1. The third-order valence-corrected chi connectivity index (χ3v) is 4.91. The Morgan fingerprint density at radius 1 is 1.17 bits per heavy atom. The summed E-state index contributed by atoms with van der Waals surface area (Å²) in [4.78, 5) is 8.62. The minimum Gasteiger partial charge on any atom is -0.372 e. The van der Waals surface area contributed by atoms with E-state index in [0.29, 0.717) is 18.2 Å². The number of hydrogen-bond donors (Lipinski definition) is 1. The van der Waals surface area contributed by atoms with E-state index < -0.39 is 0 Å². The maximum Gasteiger partial charge on any atom is 0.221 e. The quantitative estimate of drug-likeness (QED) is 0.555. The van der Waals surface area contributed by atoms with Crippen LogP contribution < -0.4 is 5.73 Å². The van der Waals surface area contributed by atoms with E-state index in [1.54, 1.807) is 0 Å². The van der Waals surface area contributed by atoms with Gasteiger partial charge in [-0.25, -0.2) is 9.97 Å². The molecular formula is C17H14ClN3OS. The monoisotopic (exact) mass is 343 g/mol. The van der Waals surface area contributed by atoms with E-state index in [4.69, 9.17) is 22.1 Å². The van der Waals surface area contributed by atoms with Crippen LogP contribution in [0.3, 0.4) is 0 Å². The highest BCUT2D eigenvalue weighted by molar-refractivity contribution is 7.98. The summed E-state index contributed by atoms with van der Waals surface area (Å²) in [5, 5.41) is 3.77. The molecule has 1 aliphatic rings. The van der Waals surface area contributed by atoms with Gasteiger partial charge in [0.15, 0.2) is 0 Å². The summed E-state index contributed by atoms with van der Waals surface area (Å²) in [6, 6.07) is 10.1. The van der Waals surface area contributed by atoms with Gasteiger partial charge >= 0.3 is 0 Å². The van der Waals surface area contributed by atoms with Crippen molar-refractivity contribution in [3.63, 3.8) is 0 Å². The highest BCUT2D eigenvalue weighted by atomic mass is 35.5. The highest BCUT2D eigenvalue weighted by Gasteiger charge is 2.19. The molecule has 0 atom stereocenters. The van der Waals surface area contributed by atoms with E-state index in [1.165, 1.54) is 22.7 Å². The van der Waals surface area contributed by atoms with Crippen LogP contribution in [0.2, 0.25) is 5.02 Å². The number of ether oxygens (including phenoxy) is 1. The highest BCUT2D eigenvalue weighted by Crippen LogP contribution is 2.40. The number of nitrogens with zero attached hydrogens (tertiary/aromatic N) is 2. The summed E-state index contributed by atoms with van der Waals surface area (Å²) >= 11 is 8.11.